The SMILES string of the molecule is C=C1CO[C@H]2C3=CC[C@H]4[C@@](C)(CC[C@H]5O[C@@H](CCCNC(C)=O)OC[C@]45C)[C@@H]3CC[C@@H]12. The molecule has 0 aromatic carbocycles. The van der Waals surface area contributed by atoms with E-state index >= 15 is 0 Å². The number of fused-ring (bicyclic) bond motifs is 7. The Morgan fingerprint density at radius 1 is 1.23 bits per heavy atom. The topological polar surface area (TPSA) is 56.8 Å². The normalized spacial score (nSPS) is 46.3. The maximum Gasteiger partial charge on any atom is 0.216 e. The van der Waals surface area contributed by atoms with Crippen molar-refractivity contribution in [2.24, 2.45) is 28.6 Å². The van der Waals surface area contributed by atoms with Crippen LogP contribution >= 0.6 is 0 Å². The molecule has 4 fully saturated rings. The lowest BCUT2D eigenvalue weighted by Gasteiger charge is -2.63. The summed E-state index contributed by atoms with van der Waals surface area (Å²) in [4.78, 5) is 11.1. The van der Waals surface area contributed by atoms with Crippen molar-refractivity contribution in [2.45, 2.75) is 84.2 Å². The van der Waals surface area contributed by atoms with Crippen molar-refractivity contribution in [3.05, 3.63) is 23.8 Å². The van der Waals surface area contributed by atoms with Crippen molar-refractivity contribution in [1.82, 2.24) is 5.32 Å². The highest BCUT2D eigenvalue weighted by molar-refractivity contribution is 5.72. The Bertz CT molecular complexity index is 777. The molecule has 0 bridgehead atoms. The Kier molecular flexibility index (Phi) is 5.59. The van der Waals surface area contributed by atoms with Gasteiger partial charge in [-0.2, -0.15) is 0 Å². The van der Waals surface area contributed by atoms with Crippen LogP contribution in [0.2, 0.25) is 0 Å². The van der Waals surface area contributed by atoms with E-state index < -0.39 is 0 Å². The third kappa shape index (κ3) is 3.52. The Morgan fingerprint density at radius 2 is 2.06 bits per heavy atom. The summed E-state index contributed by atoms with van der Waals surface area (Å²) in [6, 6.07) is 0. The van der Waals surface area contributed by atoms with Crippen molar-refractivity contribution in [3.63, 3.8) is 0 Å². The van der Waals surface area contributed by atoms with Crippen LogP contribution in [0.15, 0.2) is 23.8 Å². The lowest BCUT2D eigenvalue weighted by molar-refractivity contribution is -0.303. The van der Waals surface area contributed by atoms with Crippen LogP contribution in [0.3, 0.4) is 0 Å². The molecule has 2 saturated heterocycles. The van der Waals surface area contributed by atoms with Gasteiger partial charge in [-0.05, 0) is 66.9 Å². The molecule has 0 unspecified atom stereocenters. The van der Waals surface area contributed by atoms with Gasteiger partial charge in [0.15, 0.2) is 6.29 Å². The van der Waals surface area contributed by atoms with Crippen LogP contribution in [-0.2, 0) is 19.0 Å². The molecule has 172 valence electrons. The van der Waals surface area contributed by atoms with Crippen molar-refractivity contribution in [1.29, 1.82) is 0 Å². The molecule has 0 aromatic heterocycles. The summed E-state index contributed by atoms with van der Waals surface area (Å²) in [5.41, 5.74) is 3.22. The summed E-state index contributed by atoms with van der Waals surface area (Å²) < 4.78 is 19.0. The van der Waals surface area contributed by atoms with E-state index in [1.165, 1.54) is 24.8 Å². The first-order valence-electron chi connectivity index (χ1n) is 12.3. The first kappa shape index (κ1) is 21.7. The zero-order chi connectivity index (χ0) is 21.8. The summed E-state index contributed by atoms with van der Waals surface area (Å²) >= 11 is 0. The minimum Gasteiger partial charge on any atom is -0.369 e. The Labute approximate surface area is 187 Å². The van der Waals surface area contributed by atoms with Crippen LogP contribution in [-0.4, -0.2) is 44.2 Å². The van der Waals surface area contributed by atoms with Gasteiger partial charge in [-0.1, -0.05) is 26.5 Å². The average Bonchev–Trinajstić information content (AvgIpc) is 3.12. The van der Waals surface area contributed by atoms with E-state index in [-0.39, 0.29) is 29.8 Å². The molecule has 5 aliphatic rings. The van der Waals surface area contributed by atoms with E-state index in [0.29, 0.717) is 29.7 Å². The molecule has 8 atom stereocenters. The average molecular weight is 430 g/mol. The minimum absolute atomic E-state index is 0.0238. The van der Waals surface area contributed by atoms with Crippen molar-refractivity contribution >= 4 is 5.91 Å². The molecule has 31 heavy (non-hydrogen) atoms. The zero-order valence-corrected chi connectivity index (χ0v) is 19.5. The standard InChI is InChI=1S/C26H39NO4/c1-16-14-29-24-18(16)7-9-20-19(24)8-10-21-25(20,3)12-11-22-26(21,4)15-30-23(31-22)6-5-13-27-17(2)28/h8,18,20-24H,1,5-7,9-15H2,2-4H3,(H,27,28)/t18-,20+,21-,22+,23-,24+,25-,26+/m0/s1. The van der Waals surface area contributed by atoms with Gasteiger partial charge in [0.2, 0.25) is 5.91 Å². The maximum absolute atomic E-state index is 11.1. The van der Waals surface area contributed by atoms with E-state index in [1.54, 1.807) is 12.5 Å². The van der Waals surface area contributed by atoms with Crippen LogP contribution in [0.4, 0.5) is 0 Å². The van der Waals surface area contributed by atoms with Gasteiger partial charge in [0, 0.05) is 31.2 Å². The van der Waals surface area contributed by atoms with Crippen LogP contribution in [0, 0.1) is 28.6 Å². The first-order chi connectivity index (χ1) is 14.8. The molecule has 0 radical (unpaired) electrons. The van der Waals surface area contributed by atoms with Gasteiger partial charge in [0.05, 0.1) is 25.4 Å². The Morgan fingerprint density at radius 3 is 2.87 bits per heavy atom. The second-order valence-electron chi connectivity index (χ2n) is 11.2. The number of hydrogen-bond donors (Lipinski definition) is 1. The van der Waals surface area contributed by atoms with Gasteiger partial charge in [0.25, 0.3) is 0 Å². The molecular weight excluding hydrogens is 390 g/mol. The quantitative estimate of drug-likeness (QED) is 0.532. The van der Waals surface area contributed by atoms with Gasteiger partial charge in [-0.25, -0.2) is 0 Å². The highest BCUT2D eigenvalue weighted by Crippen LogP contribution is 2.64. The molecule has 1 amide bonds. The monoisotopic (exact) mass is 429 g/mol. The first-order valence-corrected chi connectivity index (χ1v) is 12.3. The Hall–Kier alpha value is -1.17. The summed E-state index contributed by atoms with van der Waals surface area (Å²) in [5, 5.41) is 2.86. The highest BCUT2D eigenvalue weighted by Gasteiger charge is 2.61. The highest BCUT2D eigenvalue weighted by atomic mass is 16.7. The fourth-order valence-electron chi connectivity index (χ4n) is 7.73. The van der Waals surface area contributed by atoms with Gasteiger partial charge in [0.1, 0.15) is 0 Å². The third-order valence-corrected chi connectivity index (χ3v) is 9.38. The van der Waals surface area contributed by atoms with E-state index in [9.17, 15) is 4.79 Å². The number of allylic oxidation sites excluding steroid dienone is 1. The number of carbonyl (C=O) groups excluding carboxylic acids is 1. The van der Waals surface area contributed by atoms with Crippen molar-refractivity contribution < 1.29 is 19.0 Å². The molecule has 3 aliphatic carbocycles. The molecule has 1 N–H and O–H groups in total. The summed E-state index contributed by atoms with van der Waals surface area (Å²) in [5.74, 6) is 1.76. The molecule has 0 aromatic rings. The largest absolute Gasteiger partial charge is 0.369 e. The van der Waals surface area contributed by atoms with E-state index in [0.717, 1.165) is 38.9 Å². The van der Waals surface area contributed by atoms with E-state index in [2.05, 4.69) is 31.8 Å². The number of ether oxygens (including phenoxy) is 3. The lowest BCUT2D eigenvalue weighted by atomic mass is 9.45. The van der Waals surface area contributed by atoms with E-state index in [1.807, 2.05) is 0 Å². The summed E-state index contributed by atoms with van der Waals surface area (Å²) in [6.45, 7) is 13.0. The molecule has 5 nitrogen and oxygen atoms in total. The molecule has 2 saturated carbocycles. The van der Waals surface area contributed by atoms with Crippen LogP contribution < -0.4 is 5.32 Å². The maximum atomic E-state index is 11.1. The fourth-order valence-corrected chi connectivity index (χ4v) is 7.73. The number of carbonyl (C=O) groups is 1. The van der Waals surface area contributed by atoms with Gasteiger partial charge < -0.3 is 19.5 Å². The van der Waals surface area contributed by atoms with Crippen LogP contribution in [0.5, 0.6) is 0 Å². The molecule has 0 spiro atoms. The number of hydrogen-bond acceptors (Lipinski definition) is 4. The minimum atomic E-state index is -0.140. The molecule has 2 heterocycles. The van der Waals surface area contributed by atoms with Crippen LogP contribution in [0.25, 0.3) is 0 Å². The van der Waals surface area contributed by atoms with Gasteiger partial charge in [-0.15, -0.1) is 0 Å². The fraction of sp³-hybridized carbons (Fsp3) is 0.808. The third-order valence-electron chi connectivity index (χ3n) is 9.38. The van der Waals surface area contributed by atoms with Gasteiger partial charge >= 0.3 is 0 Å². The van der Waals surface area contributed by atoms with Crippen LogP contribution in [0.1, 0.15) is 65.7 Å². The van der Waals surface area contributed by atoms with E-state index in [4.69, 9.17) is 14.2 Å². The second-order valence-corrected chi connectivity index (χ2v) is 11.2. The second kappa shape index (κ2) is 8.00. The zero-order valence-electron chi connectivity index (χ0n) is 19.5. The van der Waals surface area contributed by atoms with Gasteiger partial charge in [-0.3, -0.25) is 4.79 Å². The molecule has 2 aliphatic heterocycles. The predicted octanol–water partition coefficient (Wildman–Crippen LogP) is 4.38. The van der Waals surface area contributed by atoms with Crippen molar-refractivity contribution in [2.75, 3.05) is 19.8 Å². The number of amides is 1. The summed E-state index contributed by atoms with van der Waals surface area (Å²) in [7, 11) is 0. The van der Waals surface area contributed by atoms with Crippen molar-refractivity contribution in [3.8, 4) is 0 Å². The molecular formula is C26H39NO4. The number of rotatable bonds is 4. The Balaban J connectivity index is 1.29. The summed E-state index contributed by atoms with van der Waals surface area (Å²) in [6.07, 6.45) is 10.6. The lowest BCUT2D eigenvalue weighted by Crippen LogP contribution is -2.61. The smallest absolute Gasteiger partial charge is 0.216 e. The number of nitrogens with one attached hydrogen (secondary N) is 1. The predicted molar refractivity (Wildman–Crippen MR) is 119 cm³/mol. The molecule has 5 rings (SSSR count). The molecule has 5 heteroatoms.